The molecule has 0 fully saturated rings. The van der Waals surface area contributed by atoms with Gasteiger partial charge in [-0.2, -0.15) is 0 Å². The highest BCUT2D eigenvalue weighted by Gasteiger charge is 2.11. The van der Waals surface area contributed by atoms with Crippen molar-refractivity contribution in [2.24, 2.45) is 12.2 Å². The molecule has 0 bridgehead atoms. The third-order valence-electron chi connectivity index (χ3n) is 2.30. The number of nitrogens with zero attached hydrogens (tertiary/aromatic N) is 4. The maximum atomic E-state index is 8.54. The number of hydrogen-bond donors (Lipinski definition) is 1. The molecule has 1 aromatic heterocycles. The smallest absolute Gasteiger partial charge is 0.303 e. The summed E-state index contributed by atoms with van der Waals surface area (Å²) >= 11 is 0. The highest BCUT2D eigenvalue weighted by molar-refractivity contribution is 5.72. The fourth-order valence-electron chi connectivity index (χ4n) is 1.50. The van der Waals surface area contributed by atoms with E-state index in [1.807, 2.05) is 24.0 Å². The fourth-order valence-corrected chi connectivity index (χ4v) is 1.50. The average Bonchev–Trinajstić information content (AvgIpc) is 2.50. The Morgan fingerprint density at radius 3 is 2.93 bits per heavy atom. The lowest BCUT2D eigenvalue weighted by Gasteiger charge is -2.07. The molecule has 1 heterocycles. The van der Waals surface area contributed by atoms with Crippen molar-refractivity contribution < 1.29 is 9.77 Å². The molecule has 0 atom stereocenters. The minimum Gasteiger partial charge on any atom is -0.411 e. The lowest BCUT2D eigenvalue weighted by molar-refractivity contribution is -0.671. The second kappa shape index (κ2) is 5.50. The summed E-state index contributed by atoms with van der Waals surface area (Å²) in [6, 6.07) is 0. The minimum atomic E-state index is 0.899. The van der Waals surface area contributed by atoms with Crippen LogP contribution in [-0.2, 0) is 13.6 Å². The van der Waals surface area contributed by atoms with Crippen molar-refractivity contribution in [3.8, 4) is 0 Å². The molecule has 0 unspecified atom stereocenters. The topological polar surface area (TPSA) is 44.6 Å². The Labute approximate surface area is 90.2 Å². The molecule has 1 aromatic rings. The number of aryl methyl sites for hydroxylation is 2. The van der Waals surface area contributed by atoms with Crippen molar-refractivity contribution in [3.63, 3.8) is 0 Å². The molecule has 0 aliphatic rings. The average molecular weight is 211 g/mol. The third-order valence-corrected chi connectivity index (χ3v) is 2.30. The summed E-state index contributed by atoms with van der Waals surface area (Å²) < 4.78 is 4.00. The molecular weight excluding hydrogens is 192 g/mol. The van der Waals surface area contributed by atoms with Crippen molar-refractivity contribution >= 4 is 6.21 Å². The van der Waals surface area contributed by atoms with Crippen LogP contribution in [0.2, 0.25) is 0 Å². The van der Waals surface area contributed by atoms with Gasteiger partial charge in [0.1, 0.15) is 12.4 Å². The van der Waals surface area contributed by atoms with Crippen LogP contribution in [0.4, 0.5) is 0 Å². The van der Waals surface area contributed by atoms with Crippen LogP contribution in [0, 0.1) is 0 Å². The van der Waals surface area contributed by atoms with Gasteiger partial charge in [-0.15, -0.1) is 0 Å². The molecule has 0 aliphatic heterocycles. The van der Waals surface area contributed by atoms with E-state index in [9.17, 15) is 0 Å². The molecule has 0 amide bonds. The van der Waals surface area contributed by atoms with E-state index in [0.29, 0.717) is 0 Å². The summed E-state index contributed by atoms with van der Waals surface area (Å²) in [5, 5.41) is 11.6. The standard InChI is InChI=1S/C10H18N4O/c1-12(2)5-4-6-14-8-7-13(3)10(14)9-11-15/h7-9H,4-6H2,1-3H3/p+1. The summed E-state index contributed by atoms with van der Waals surface area (Å²) in [4.78, 5) is 2.16. The molecule has 0 radical (unpaired) electrons. The van der Waals surface area contributed by atoms with Crippen LogP contribution in [0.3, 0.4) is 0 Å². The zero-order valence-corrected chi connectivity index (χ0v) is 9.59. The van der Waals surface area contributed by atoms with Crippen LogP contribution in [0.25, 0.3) is 0 Å². The Hall–Kier alpha value is -1.36. The van der Waals surface area contributed by atoms with Gasteiger partial charge in [-0.1, -0.05) is 5.16 Å². The third kappa shape index (κ3) is 3.36. The van der Waals surface area contributed by atoms with Gasteiger partial charge in [0.25, 0.3) is 0 Å². The number of hydrogen-bond acceptors (Lipinski definition) is 3. The maximum absolute atomic E-state index is 8.54. The lowest BCUT2D eigenvalue weighted by Crippen LogP contribution is -2.32. The quantitative estimate of drug-likeness (QED) is 0.324. The lowest BCUT2D eigenvalue weighted by atomic mass is 10.4. The Morgan fingerprint density at radius 2 is 2.33 bits per heavy atom. The summed E-state index contributed by atoms with van der Waals surface area (Å²) in [6.07, 6.45) is 6.48. The Balaban J connectivity index is 2.60. The van der Waals surface area contributed by atoms with Crippen molar-refractivity contribution in [2.45, 2.75) is 13.0 Å². The van der Waals surface area contributed by atoms with E-state index in [1.54, 1.807) is 0 Å². The van der Waals surface area contributed by atoms with Gasteiger partial charge >= 0.3 is 5.82 Å². The molecule has 84 valence electrons. The summed E-state index contributed by atoms with van der Waals surface area (Å²) in [7, 11) is 6.05. The Kier molecular flexibility index (Phi) is 4.30. The van der Waals surface area contributed by atoms with E-state index in [4.69, 9.17) is 5.21 Å². The van der Waals surface area contributed by atoms with Gasteiger partial charge in [-0.3, -0.25) is 0 Å². The van der Waals surface area contributed by atoms with Crippen LogP contribution in [-0.4, -0.2) is 41.5 Å². The first-order chi connectivity index (χ1) is 7.15. The van der Waals surface area contributed by atoms with Crippen molar-refractivity contribution in [1.29, 1.82) is 0 Å². The largest absolute Gasteiger partial charge is 0.411 e. The van der Waals surface area contributed by atoms with Gasteiger partial charge in [-0.25, -0.2) is 9.13 Å². The predicted molar refractivity (Wildman–Crippen MR) is 58.2 cm³/mol. The molecule has 5 nitrogen and oxygen atoms in total. The van der Waals surface area contributed by atoms with Crippen molar-refractivity contribution in [2.75, 3.05) is 20.6 Å². The molecule has 0 saturated heterocycles. The van der Waals surface area contributed by atoms with Crippen LogP contribution in [0.1, 0.15) is 12.2 Å². The maximum Gasteiger partial charge on any atom is 0.303 e. The van der Waals surface area contributed by atoms with Crippen LogP contribution >= 0.6 is 0 Å². The van der Waals surface area contributed by atoms with Gasteiger partial charge in [0.15, 0.2) is 6.21 Å². The highest BCUT2D eigenvalue weighted by Crippen LogP contribution is 1.95. The summed E-state index contributed by atoms with van der Waals surface area (Å²) in [5.41, 5.74) is 0. The minimum absolute atomic E-state index is 0.899. The molecule has 15 heavy (non-hydrogen) atoms. The molecule has 0 aromatic carbocycles. The fraction of sp³-hybridized carbons (Fsp3) is 0.600. The first-order valence-corrected chi connectivity index (χ1v) is 5.02. The second-order valence-corrected chi connectivity index (χ2v) is 3.86. The first-order valence-electron chi connectivity index (χ1n) is 5.02. The summed E-state index contributed by atoms with van der Waals surface area (Å²) in [6.45, 7) is 1.98. The van der Waals surface area contributed by atoms with E-state index in [2.05, 4.69) is 28.7 Å². The zero-order valence-electron chi connectivity index (χ0n) is 9.59. The number of aromatic nitrogens is 2. The van der Waals surface area contributed by atoms with E-state index >= 15 is 0 Å². The summed E-state index contributed by atoms with van der Waals surface area (Å²) in [5.74, 6) is 0.899. The molecule has 0 aliphatic carbocycles. The van der Waals surface area contributed by atoms with E-state index in [1.165, 1.54) is 6.21 Å². The predicted octanol–water partition coefficient (Wildman–Crippen LogP) is 0.0724. The second-order valence-electron chi connectivity index (χ2n) is 3.86. The van der Waals surface area contributed by atoms with Crippen LogP contribution in [0.5, 0.6) is 0 Å². The molecule has 5 heteroatoms. The molecule has 1 rings (SSSR count). The van der Waals surface area contributed by atoms with Gasteiger partial charge < -0.3 is 10.1 Å². The monoisotopic (exact) mass is 211 g/mol. The van der Waals surface area contributed by atoms with E-state index < -0.39 is 0 Å². The number of oxime groups is 1. The SMILES string of the molecule is CN(C)CCCn1cc[n+](C)c1/C=N\O. The zero-order chi connectivity index (χ0) is 11.3. The van der Waals surface area contributed by atoms with Gasteiger partial charge in [0.2, 0.25) is 0 Å². The van der Waals surface area contributed by atoms with Gasteiger partial charge in [0.05, 0.1) is 13.6 Å². The molecule has 0 spiro atoms. The van der Waals surface area contributed by atoms with Crippen LogP contribution < -0.4 is 4.57 Å². The van der Waals surface area contributed by atoms with Crippen molar-refractivity contribution in [1.82, 2.24) is 9.47 Å². The Morgan fingerprint density at radius 1 is 1.60 bits per heavy atom. The first kappa shape index (κ1) is 11.7. The van der Waals surface area contributed by atoms with E-state index in [-0.39, 0.29) is 0 Å². The van der Waals surface area contributed by atoms with Gasteiger partial charge in [-0.05, 0) is 20.5 Å². The van der Waals surface area contributed by atoms with Crippen LogP contribution in [0.15, 0.2) is 17.5 Å². The number of rotatable bonds is 5. The highest BCUT2D eigenvalue weighted by atomic mass is 16.4. The van der Waals surface area contributed by atoms with Gasteiger partial charge in [0, 0.05) is 6.54 Å². The Bertz CT molecular complexity index is 330. The normalized spacial score (nSPS) is 11.7. The van der Waals surface area contributed by atoms with E-state index in [0.717, 1.165) is 25.3 Å². The van der Waals surface area contributed by atoms with Crippen molar-refractivity contribution in [3.05, 3.63) is 18.2 Å². The molecule has 0 saturated carbocycles. The molecule has 1 N–H and O–H groups in total. The molecular formula is C10H19N4O+. The number of imidazole rings is 1.